The fraction of sp³-hybridized carbons (Fsp3) is 0.235. The maximum absolute atomic E-state index is 14.1. The number of hydrogen-bond donors (Lipinski definition) is 1. The summed E-state index contributed by atoms with van der Waals surface area (Å²) in [6, 6.07) is 14.2. The van der Waals surface area contributed by atoms with Gasteiger partial charge >= 0.3 is 11.9 Å². The Morgan fingerprint density at radius 3 is 2.53 bits per heavy atom. The molecule has 1 aliphatic heterocycles. The molecular formula is C34H30BrClN2O8S. The van der Waals surface area contributed by atoms with Gasteiger partial charge in [0.2, 0.25) is 0 Å². The molecule has 0 bridgehead atoms. The number of rotatable bonds is 10. The first-order valence-corrected chi connectivity index (χ1v) is 16.3. The molecule has 1 aliphatic rings. The maximum Gasteiger partial charge on any atom is 0.338 e. The third-order valence-corrected chi connectivity index (χ3v) is 8.93. The molecule has 13 heteroatoms. The molecule has 47 heavy (non-hydrogen) atoms. The van der Waals surface area contributed by atoms with E-state index in [0.717, 1.165) is 4.47 Å². The predicted octanol–water partition coefficient (Wildman–Crippen LogP) is 5.90. The number of methoxy groups -OCH3 is 2. The highest BCUT2D eigenvalue weighted by Crippen LogP contribution is 2.39. The van der Waals surface area contributed by atoms with E-state index in [-0.39, 0.29) is 40.2 Å². The second-order valence-corrected chi connectivity index (χ2v) is 13.1. The number of hydrogen-bond acceptors (Lipinski definition) is 9. The Bertz CT molecular complexity index is 2100. The Labute approximate surface area is 287 Å². The first-order valence-electron chi connectivity index (χ1n) is 14.3. The van der Waals surface area contributed by atoms with E-state index in [1.165, 1.54) is 42.3 Å². The number of carbonyl (C=O) groups excluding carboxylic acids is 1. The van der Waals surface area contributed by atoms with Crippen LogP contribution in [0.5, 0.6) is 17.2 Å². The monoisotopic (exact) mass is 740 g/mol. The van der Waals surface area contributed by atoms with Gasteiger partial charge in [0.05, 0.1) is 46.7 Å². The van der Waals surface area contributed by atoms with Crippen molar-refractivity contribution >= 4 is 56.9 Å². The van der Waals surface area contributed by atoms with Crippen molar-refractivity contribution < 1.29 is 33.6 Å². The number of nitrogens with zero attached hydrogens (tertiary/aromatic N) is 2. The number of fused-ring (bicyclic) bond motifs is 1. The molecule has 1 aromatic heterocycles. The number of allylic oxidation sites excluding steroid dienone is 1. The molecule has 5 rings (SSSR count). The van der Waals surface area contributed by atoms with Crippen molar-refractivity contribution in [3.05, 3.63) is 117 Å². The number of aromatic carboxylic acids is 1. The Morgan fingerprint density at radius 2 is 1.85 bits per heavy atom. The molecular weight excluding hydrogens is 712 g/mol. The number of carboxylic acids is 1. The second kappa shape index (κ2) is 14.2. The summed E-state index contributed by atoms with van der Waals surface area (Å²) in [4.78, 5) is 44.0. The van der Waals surface area contributed by atoms with Crippen molar-refractivity contribution in [3.8, 4) is 17.2 Å². The summed E-state index contributed by atoms with van der Waals surface area (Å²) in [5.41, 5.74) is 2.20. The zero-order valence-electron chi connectivity index (χ0n) is 26.0. The zero-order valence-corrected chi connectivity index (χ0v) is 29.2. The molecule has 1 atom stereocenters. The van der Waals surface area contributed by atoms with Crippen LogP contribution in [-0.2, 0) is 16.1 Å². The lowest BCUT2D eigenvalue weighted by molar-refractivity contribution is -0.143. The van der Waals surface area contributed by atoms with Crippen molar-refractivity contribution in [2.24, 2.45) is 4.99 Å². The smallest absolute Gasteiger partial charge is 0.338 e. The van der Waals surface area contributed by atoms with Crippen LogP contribution in [0.3, 0.4) is 0 Å². The van der Waals surface area contributed by atoms with Gasteiger partial charge in [0.15, 0.2) is 16.3 Å². The molecule has 0 radical (unpaired) electrons. The molecule has 0 spiro atoms. The van der Waals surface area contributed by atoms with Crippen LogP contribution in [0.1, 0.15) is 53.9 Å². The average Bonchev–Trinajstić information content (AvgIpc) is 3.32. The standard InChI is InChI=1S/C34H30BrClN2O8S/c1-17(2)46-33(42)28-18(3)37-34-38(29(28)23-15-22(35)9-10-25(23)43-4)31(39)27(47-34)14-20-12-24(36)30(26(13-20)44-5)45-16-19-7-6-8-21(11-19)32(40)41/h6-15,17,29H,16H2,1-5H3,(H,40,41)/b27-14-/t29-/m1/s1. The van der Waals surface area contributed by atoms with Gasteiger partial charge in [-0.05, 0) is 80.4 Å². The summed E-state index contributed by atoms with van der Waals surface area (Å²) >= 11 is 11.3. The van der Waals surface area contributed by atoms with E-state index in [9.17, 15) is 19.5 Å². The van der Waals surface area contributed by atoms with Crippen molar-refractivity contribution in [2.45, 2.75) is 39.5 Å². The third-order valence-electron chi connectivity index (χ3n) is 7.18. The number of ether oxygens (including phenoxy) is 4. The van der Waals surface area contributed by atoms with Gasteiger partial charge in [-0.15, -0.1) is 0 Å². The van der Waals surface area contributed by atoms with Crippen LogP contribution < -0.4 is 29.1 Å². The zero-order chi connectivity index (χ0) is 34.0. The van der Waals surface area contributed by atoms with Gasteiger partial charge in [0.25, 0.3) is 5.56 Å². The summed E-state index contributed by atoms with van der Waals surface area (Å²) in [7, 11) is 2.99. The minimum absolute atomic E-state index is 0.0507. The van der Waals surface area contributed by atoms with E-state index >= 15 is 0 Å². The lowest BCUT2D eigenvalue weighted by Gasteiger charge is -2.26. The van der Waals surface area contributed by atoms with Gasteiger partial charge < -0.3 is 24.1 Å². The van der Waals surface area contributed by atoms with E-state index in [4.69, 9.17) is 30.5 Å². The van der Waals surface area contributed by atoms with Gasteiger partial charge in [0, 0.05) is 10.0 Å². The fourth-order valence-corrected chi connectivity index (χ4v) is 6.84. The van der Waals surface area contributed by atoms with Gasteiger partial charge in [-0.2, -0.15) is 0 Å². The highest BCUT2D eigenvalue weighted by molar-refractivity contribution is 9.10. The number of halogens is 2. The lowest BCUT2D eigenvalue weighted by Crippen LogP contribution is -2.40. The third kappa shape index (κ3) is 7.14. The first kappa shape index (κ1) is 34.0. The van der Waals surface area contributed by atoms with Crippen molar-refractivity contribution in [3.63, 3.8) is 0 Å². The largest absolute Gasteiger partial charge is 0.496 e. The molecule has 3 aromatic carbocycles. The summed E-state index contributed by atoms with van der Waals surface area (Å²) in [6.45, 7) is 5.27. The van der Waals surface area contributed by atoms with Crippen LogP contribution in [-0.4, -0.2) is 41.9 Å². The Balaban J connectivity index is 1.59. The van der Waals surface area contributed by atoms with Crippen LogP contribution in [0.4, 0.5) is 0 Å². The summed E-state index contributed by atoms with van der Waals surface area (Å²) in [6.07, 6.45) is 1.28. The fourth-order valence-electron chi connectivity index (χ4n) is 5.14. The molecule has 1 N–H and O–H groups in total. The minimum atomic E-state index is -1.04. The number of thiazole rings is 1. The molecule has 0 unspecified atom stereocenters. The summed E-state index contributed by atoms with van der Waals surface area (Å²) in [5, 5.41) is 9.52. The topological polar surface area (TPSA) is 126 Å². The SMILES string of the molecule is COc1ccc(Br)cc1[C@@H]1C(C(=O)OC(C)C)=C(C)N=c2s/c(=C\c3cc(Cl)c(OCc4cccc(C(=O)O)c4)c(OC)c3)c(=O)n21. The molecule has 0 saturated carbocycles. The quantitative estimate of drug-likeness (QED) is 0.200. The van der Waals surface area contributed by atoms with E-state index in [0.29, 0.717) is 43.2 Å². The number of aromatic nitrogens is 1. The van der Waals surface area contributed by atoms with Crippen LogP contribution in [0.2, 0.25) is 5.02 Å². The Hall–Kier alpha value is -4.39. The first-order chi connectivity index (χ1) is 22.4. The van der Waals surface area contributed by atoms with Gasteiger partial charge in [0.1, 0.15) is 18.4 Å². The Morgan fingerprint density at radius 1 is 1.11 bits per heavy atom. The van der Waals surface area contributed by atoms with Crippen molar-refractivity contribution in [2.75, 3.05) is 14.2 Å². The number of benzene rings is 3. The van der Waals surface area contributed by atoms with Crippen LogP contribution >= 0.6 is 38.9 Å². The lowest BCUT2D eigenvalue weighted by atomic mass is 9.95. The number of esters is 1. The van der Waals surface area contributed by atoms with Crippen molar-refractivity contribution in [1.82, 2.24) is 4.57 Å². The predicted molar refractivity (Wildman–Crippen MR) is 181 cm³/mol. The molecule has 10 nitrogen and oxygen atoms in total. The molecule has 0 saturated heterocycles. The van der Waals surface area contributed by atoms with Crippen LogP contribution in [0.25, 0.3) is 6.08 Å². The van der Waals surface area contributed by atoms with Crippen LogP contribution in [0.15, 0.2) is 80.1 Å². The maximum atomic E-state index is 14.1. The molecule has 244 valence electrons. The Kier molecular flexibility index (Phi) is 10.2. The van der Waals surface area contributed by atoms with E-state index in [2.05, 4.69) is 20.9 Å². The summed E-state index contributed by atoms with van der Waals surface area (Å²) < 4.78 is 25.3. The molecule has 2 heterocycles. The van der Waals surface area contributed by atoms with Crippen LogP contribution in [0, 0.1) is 0 Å². The van der Waals surface area contributed by atoms with Gasteiger partial charge in [-0.3, -0.25) is 9.36 Å². The van der Waals surface area contributed by atoms with Gasteiger partial charge in [-0.25, -0.2) is 14.6 Å². The highest BCUT2D eigenvalue weighted by atomic mass is 79.9. The van der Waals surface area contributed by atoms with E-state index in [1.54, 1.807) is 57.2 Å². The van der Waals surface area contributed by atoms with Gasteiger partial charge in [-0.1, -0.05) is 51.0 Å². The molecule has 0 fully saturated rings. The summed E-state index contributed by atoms with van der Waals surface area (Å²) in [5.74, 6) is -0.555. The van der Waals surface area contributed by atoms with Crippen molar-refractivity contribution in [1.29, 1.82) is 0 Å². The number of carbonyl (C=O) groups is 2. The van der Waals surface area contributed by atoms with E-state index in [1.807, 2.05) is 12.1 Å². The average molecular weight is 742 g/mol. The normalized spacial score (nSPS) is 14.5. The second-order valence-electron chi connectivity index (χ2n) is 10.8. The molecule has 4 aromatic rings. The number of carboxylic acid groups (broad SMARTS) is 1. The highest BCUT2D eigenvalue weighted by Gasteiger charge is 2.35. The van der Waals surface area contributed by atoms with E-state index < -0.39 is 18.0 Å². The molecule has 0 amide bonds. The molecule has 0 aliphatic carbocycles. The minimum Gasteiger partial charge on any atom is -0.496 e.